The number of aromatic nitrogens is 1. The first-order chi connectivity index (χ1) is 8.91. The molecule has 19 heavy (non-hydrogen) atoms. The summed E-state index contributed by atoms with van der Waals surface area (Å²) in [6.07, 6.45) is -4.60. The number of rotatable bonds is 2. The van der Waals surface area contributed by atoms with E-state index in [0.29, 0.717) is 11.3 Å². The first-order valence-corrected chi connectivity index (χ1v) is 5.96. The highest BCUT2D eigenvalue weighted by molar-refractivity contribution is 5.90. The minimum atomic E-state index is -1.49. The Bertz CT molecular complexity index is 459. The second kappa shape index (κ2) is 5.30. The van der Waals surface area contributed by atoms with Gasteiger partial charge in [-0.2, -0.15) is 0 Å². The van der Waals surface area contributed by atoms with Gasteiger partial charge in [-0.15, -0.1) is 0 Å². The Morgan fingerprint density at radius 2 is 2.00 bits per heavy atom. The lowest BCUT2D eigenvalue weighted by Crippen LogP contribution is -2.57. The molecule has 1 aliphatic rings. The van der Waals surface area contributed by atoms with Crippen LogP contribution in [0, 0.1) is 6.92 Å². The number of ether oxygens (including phenoxy) is 2. The molecule has 0 saturated carbocycles. The molecule has 0 radical (unpaired) electrons. The molecule has 7 nitrogen and oxygen atoms in total. The molecule has 1 aromatic heterocycles. The summed E-state index contributed by atoms with van der Waals surface area (Å²) in [5.74, 6) is -0.668. The highest BCUT2D eigenvalue weighted by Crippen LogP contribution is 2.23. The van der Waals surface area contributed by atoms with Gasteiger partial charge in [-0.1, -0.05) is 0 Å². The van der Waals surface area contributed by atoms with Crippen LogP contribution in [-0.4, -0.2) is 57.0 Å². The lowest BCUT2D eigenvalue weighted by molar-refractivity contribution is -0.276. The Morgan fingerprint density at radius 3 is 2.58 bits per heavy atom. The number of hydrogen-bond donors (Lipinski definition) is 4. The van der Waals surface area contributed by atoms with E-state index < -0.39 is 36.7 Å². The van der Waals surface area contributed by atoms with Crippen molar-refractivity contribution in [2.75, 3.05) is 0 Å². The Morgan fingerprint density at radius 1 is 1.32 bits per heavy atom. The number of aliphatic hydroxyl groups excluding tert-OH is 3. The molecule has 1 fully saturated rings. The maximum Gasteiger partial charge on any atom is 0.342 e. The van der Waals surface area contributed by atoms with Crippen LogP contribution in [0.5, 0.6) is 0 Å². The van der Waals surface area contributed by atoms with Gasteiger partial charge in [0.15, 0.2) is 0 Å². The lowest BCUT2D eigenvalue weighted by atomic mass is 10.00. The zero-order chi connectivity index (χ0) is 14.2. The van der Waals surface area contributed by atoms with Crippen LogP contribution >= 0.6 is 0 Å². The molecule has 0 amide bonds. The highest BCUT2D eigenvalue weighted by atomic mass is 16.7. The van der Waals surface area contributed by atoms with Crippen LogP contribution in [0.25, 0.3) is 0 Å². The number of carbonyl (C=O) groups is 1. The van der Waals surface area contributed by atoms with E-state index in [9.17, 15) is 20.1 Å². The largest absolute Gasteiger partial charge is 0.429 e. The second-order valence-corrected chi connectivity index (χ2v) is 4.60. The highest BCUT2D eigenvalue weighted by Gasteiger charge is 2.43. The fourth-order valence-electron chi connectivity index (χ4n) is 1.95. The summed E-state index contributed by atoms with van der Waals surface area (Å²) in [5, 5.41) is 28.8. The first-order valence-electron chi connectivity index (χ1n) is 5.96. The van der Waals surface area contributed by atoms with Crippen LogP contribution in [0.3, 0.4) is 0 Å². The molecule has 0 aliphatic carbocycles. The molecule has 0 bridgehead atoms. The molecule has 0 unspecified atom stereocenters. The van der Waals surface area contributed by atoms with Gasteiger partial charge < -0.3 is 29.8 Å². The summed E-state index contributed by atoms with van der Waals surface area (Å²) in [6, 6.07) is 1.54. The van der Waals surface area contributed by atoms with Crippen molar-refractivity contribution in [3.8, 4) is 0 Å². The minimum absolute atomic E-state index is 0.323. The molecule has 4 N–H and O–H groups in total. The zero-order valence-electron chi connectivity index (χ0n) is 10.6. The van der Waals surface area contributed by atoms with Gasteiger partial charge in [0, 0.05) is 11.9 Å². The Balaban J connectivity index is 2.07. The summed E-state index contributed by atoms with van der Waals surface area (Å²) < 4.78 is 10.2. The molecule has 5 atom stereocenters. The fourth-order valence-corrected chi connectivity index (χ4v) is 1.95. The Kier molecular flexibility index (Phi) is 3.91. The van der Waals surface area contributed by atoms with E-state index in [1.807, 2.05) is 0 Å². The third kappa shape index (κ3) is 2.64. The smallest absolute Gasteiger partial charge is 0.342 e. The molecule has 1 saturated heterocycles. The van der Waals surface area contributed by atoms with Gasteiger partial charge in [-0.25, -0.2) is 4.79 Å². The van der Waals surface area contributed by atoms with Crippen LogP contribution in [0.2, 0.25) is 0 Å². The Hall–Kier alpha value is -1.41. The van der Waals surface area contributed by atoms with E-state index >= 15 is 0 Å². The normalized spacial score (nSPS) is 35.1. The van der Waals surface area contributed by atoms with E-state index in [2.05, 4.69) is 4.98 Å². The number of H-pyrrole nitrogens is 1. The predicted octanol–water partition coefficient (Wildman–Crippen LogP) is -0.693. The molecule has 2 heterocycles. The molecule has 106 valence electrons. The van der Waals surface area contributed by atoms with Crippen molar-refractivity contribution >= 4 is 5.97 Å². The van der Waals surface area contributed by atoms with Crippen molar-refractivity contribution in [3.63, 3.8) is 0 Å². The van der Waals surface area contributed by atoms with Gasteiger partial charge >= 0.3 is 5.97 Å². The van der Waals surface area contributed by atoms with Crippen molar-refractivity contribution in [1.29, 1.82) is 0 Å². The summed E-state index contributed by atoms with van der Waals surface area (Å²) in [5.41, 5.74) is 0.952. The van der Waals surface area contributed by atoms with Gasteiger partial charge in [-0.05, 0) is 19.9 Å². The quantitative estimate of drug-likeness (QED) is 0.530. The molecule has 2 rings (SSSR count). The van der Waals surface area contributed by atoms with E-state index in [4.69, 9.17) is 9.47 Å². The minimum Gasteiger partial charge on any atom is -0.429 e. The van der Waals surface area contributed by atoms with Crippen molar-refractivity contribution < 1.29 is 29.6 Å². The first kappa shape index (κ1) is 14.0. The van der Waals surface area contributed by atoms with Gasteiger partial charge in [0.2, 0.25) is 6.29 Å². The number of nitrogens with one attached hydrogen (secondary N) is 1. The monoisotopic (exact) mass is 271 g/mol. The lowest BCUT2D eigenvalue weighted by Gasteiger charge is -2.38. The molecular formula is C12H17NO6. The molecule has 0 spiro atoms. The number of aliphatic hydroxyl groups is 3. The molecule has 7 heteroatoms. The van der Waals surface area contributed by atoms with Gasteiger partial charge in [0.05, 0.1) is 11.7 Å². The topological polar surface area (TPSA) is 112 Å². The van der Waals surface area contributed by atoms with E-state index in [-0.39, 0.29) is 0 Å². The van der Waals surface area contributed by atoms with E-state index in [1.54, 1.807) is 19.2 Å². The molecule has 1 aliphatic heterocycles. The van der Waals surface area contributed by atoms with Crippen LogP contribution in [0.4, 0.5) is 0 Å². The standard InChI is InChI=1S/C12H17NO6/c1-5-7(3-4-13-5)11(17)19-12-10(16)9(15)8(14)6(2)18-12/h3-4,6,8-10,12-16H,1-2H3/t6-,8-,9+,10+,12-/m0/s1. The fraction of sp³-hybridized carbons (Fsp3) is 0.583. The number of aryl methyl sites for hydroxylation is 1. The van der Waals surface area contributed by atoms with Gasteiger partial charge in [0.25, 0.3) is 0 Å². The molecule has 1 aromatic rings. The summed E-state index contributed by atoms with van der Waals surface area (Å²) in [7, 11) is 0. The summed E-state index contributed by atoms with van der Waals surface area (Å²) >= 11 is 0. The summed E-state index contributed by atoms with van der Waals surface area (Å²) in [4.78, 5) is 14.7. The number of hydrogen-bond acceptors (Lipinski definition) is 6. The van der Waals surface area contributed by atoms with Crippen LogP contribution < -0.4 is 0 Å². The second-order valence-electron chi connectivity index (χ2n) is 4.60. The average molecular weight is 271 g/mol. The van der Waals surface area contributed by atoms with Crippen LogP contribution in [0.15, 0.2) is 12.3 Å². The SMILES string of the molecule is Cc1[nH]ccc1C(=O)O[C@@H]1O[C@@H](C)[C@H](O)[C@@H](O)[C@H]1O. The third-order valence-electron chi connectivity index (χ3n) is 3.21. The van der Waals surface area contributed by atoms with E-state index in [0.717, 1.165) is 0 Å². The van der Waals surface area contributed by atoms with Crippen molar-refractivity contribution in [2.24, 2.45) is 0 Å². The van der Waals surface area contributed by atoms with E-state index in [1.165, 1.54) is 6.92 Å². The van der Waals surface area contributed by atoms with Gasteiger partial charge in [0.1, 0.15) is 18.3 Å². The average Bonchev–Trinajstić information content (AvgIpc) is 2.79. The number of esters is 1. The predicted molar refractivity (Wildman–Crippen MR) is 63.3 cm³/mol. The summed E-state index contributed by atoms with van der Waals surface area (Å²) in [6.45, 7) is 3.22. The number of aromatic amines is 1. The number of carbonyl (C=O) groups excluding carboxylic acids is 1. The molecular weight excluding hydrogens is 254 g/mol. The zero-order valence-corrected chi connectivity index (χ0v) is 10.6. The maximum absolute atomic E-state index is 11.9. The van der Waals surface area contributed by atoms with Crippen molar-refractivity contribution in [2.45, 2.75) is 44.6 Å². The van der Waals surface area contributed by atoms with Crippen molar-refractivity contribution in [1.82, 2.24) is 4.98 Å². The maximum atomic E-state index is 11.9. The van der Waals surface area contributed by atoms with Crippen LogP contribution in [0.1, 0.15) is 23.0 Å². The van der Waals surface area contributed by atoms with Crippen LogP contribution in [-0.2, 0) is 9.47 Å². The van der Waals surface area contributed by atoms with Gasteiger partial charge in [-0.3, -0.25) is 0 Å². The van der Waals surface area contributed by atoms with Crippen molar-refractivity contribution in [3.05, 3.63) is 23.5 Å². The molecule has 0 aromatic carbocycles. The Labute approximate surface area is 109 Å². The third-order valence-corrected chi connectivity index (χ3v) is 3.21.